The van der Waals surface area contributed by atoms with Crippen LogP contribution in [0.15, 0.2) is 18.2 Å². The van der Waals surface area contributed by atoms with Gasteiger partial charge in [-0.05, 0) is 51.8 Å². The summed E-state index contributed by atoms with van der Waals surface area (Å²) in [6, 6.07) is 6.64. The molecule has 1 rings (SSSR count). The predicted octanol–water partition coefficient (Wildman–Crippen LogP) is 3.15. The van der Waals surface area contributed by atoms with E-state index in [-0.39, 0.29) is 0 Å². The number of likely N-dealkylation sites (N-methyl/N-ethyl adjacent to an activating group) is 1. The third-order valence-electron chi connectivity index (χ3n) is 3.48. The minimum Gasteiger partial charge on any atom is -0.382 e. The number of hydrogen-bond donors (Lipinski definition) is 1. The second-order valence-electron chi connectivity index (χ2n) is 5.37. The third kappa shape index (κ3) is 6.40. The molecule has 0 atom stereocenters. The van der Waals surface area contributed by atoms with E-state index >= 15 is 0 Å². The van der Waals surface area contributed by atoms with Gasteiger partial charge >= 0.3 is 0 Å². The first-order chi connectivity index (χ1) is 9.65. The van der Waals surface area contributed by atoms with Crippen molar-refractivity contribution in [3.05, 3.63) is 29.3 Å². The molecule has 0 fully saturated rings. The lowest BCUT2D eigenvalue weighted by Gasteiger charge is -2.22. The summed E-state index contributed by atoms with van der Waals surface area (Å²) < 4.78 is 5.32. The summed E-state index contributed by atoms with van der Waals surface area (Å²) in [4.78, 5) is 2.32. The number of nitrogens with one attached hydrogen (secondary N) is 1. The van der Waals surface area contributed by atoms with E-state index in [2.05, 4.69) is 49.3 Å². The highest BCUT2D eigenvalue weighted by Gasteiger charge is 2.03. The zero-order valence-corrected chi connectivity index (χ0v) is 13.5. The molecular formula is C17H30N2O. The SMILES string of the molecule is CCOCCCCNCCN(C)c1ccc(C)cc1C. The van der Waals surface area contributed by atoms with E-state index in [1.165, 1.54) is 23.2 Å². The normalized spacial score (nSPS) is 10.8. The molecule has 0 aliphatic heterocycles. The summed E-state index contributed by atoms with van der Waals surface area (Å²) >= 11 is 0. The van der Waals surface area contributed by atoms with Crippen molar-refractivity contribution in [1.82, 2.24) is 5.32 Å². The Kier molecular flexibility index (Phi) is 8.31. The van der Waals surface area contributed by atoms with Crippen LogP contribution in [-0.4, -0.2) is 39.9 Å². The fourth-order valence-corrected chi connectivity index (χ4v) is 2.32. The average molecular weight is 278 g/mol. The molecule has 0 saturated heterocycles. The van der Waals surface area contributed by atoms with Crippen molar-refractivity contribution < 1.29 is 4.74 Å². The van der Waals surface area contributed by atoms with Crippen molar-refractivity contribution in [2.24, 2.45) is 0 Å². The molecule has 0 saturated carbocycles. The summed E-state index contributed by atoms with van der Waals surface area (Å²) in [5.74, 6) is 0. The molecule has 0 aliphatic rings. The zero-order chi connectivity index (χ0) is 14.8. The van der Waals surface area contributed by atoms with Crippen LogP contribution in [0.5, 0.6) is 0 Å². The van der Waals surface area contributed by atoms with Gasteiger partial charge in [0.1, 0.15) is 0 Å². The van der Waals surface area contributed by atoms with Crippen molar-refractivity contribution in [2.45, 2.75) is 33.6 Å². The van der Waals surface area contributed by atoms with Crippen LogP contribution in [0.1, 0.15) is 30.9 Å². The highest BCUT2D eigenvalue weighted by molar-refractivity contribution is 5.53. The zero-order valence-electron chi connectivity index (χ0n) is 13.5. The molecule has 1 N–H and O–H groups in total. The maximum absolute atomic E-state index is 5.32. The molecule has 0 amide bonds. The number of hydrogen-bond acceptors (Lipinski definition) is 3. The third-order valence-corrected chi connectivity index (χ3v) is 3.48. The first kappa shape index (κ1) is 17.0. The summed E-state index contributed by atoms with van der Waals surface area (Å²) in [6.07, 6.45) is 2.33. The molecule has 114 valence electrons. The van der Waals surface area contributed by atoms with Crippen molar-refractivity contribution in [3.8, 4) is 0 Å². The van der Waals surface area contributed by atoms with Crippen LogP contribution in [-0.2, 0) is 4.74 Å². The number of benzene rings is 1. The van der Waals surface area contributed by atoms with Gasteiger partial charge < -0.3 is 15.0 Å². The number of unbranched alkanes of at least 4 members (excludes halogenated alkanes) is 1. The first-order valence-corrected chi connectivity index (χ1v) is 7.72. The molecule has 0 heterocycles. The molecule has 1 aromatic rings. The summed E-state index contributed by atoms with van der Waals surface area (Å²) in [5.41, 5.74) is 4.00. The van der Waals surface area contributed by atoms with Crippen LogP contribution in [0.25, 0.3) is 0 Å². The highest BCUT2D eigenvalue weighted by Crippen LogP contribution is 2.19. The monoisotopic (exact) mass is 278 g/mol. The lowest BCUT2D eigenvalue weighted by atomic mass is 10.1. The van der Waals surface area contributed by atoms with Gasteiger partial charge in [-0.3, -0.25) is 0 Å². The van der Waals surface area contributed by atoms with E-state index < -0.39 is 0 Å². The smallest absolute Gasteiger partial charge is 0.0466 e. The Balaban J connectivity index is 2.15. The minimum absolute atomic E-state index is 0.828. The lowest BCUT2D eigenvalue weighted by Crippen LogP contribution is -2.30. The van der Waals surface area contributed by atoms with Crippen molar-refractivity contribution in [3.63, 3.8) is 0 Å². The van der Waals surface area contributed by atoms with Crippen LogP contribution in [0.3, 0.4) is 0 Å². The Hall–Kier alpha value is -1.06. The van der Waals surface area contributed by atoms with E-state index in [1.807, 2.05) is 6.92 Å². The molecule has 3 heteroatoms. The maximum atomic E-state index is 5.32. The number of ether oxygens (including phenoxy) is 1. The van der Waals surface area contributed by atoms with E-state index in [0.29, 0.717) is 0 Å². The molecule has 0 bridgehead atoms. The quantitative estimate of drug-likeness (QED) is 0.665. The van der Waals surface area contributed by atoms with Crippen LogP contribution in [0, 0.1) is 13.8 Å². The Morgan fingerprint density at radius 1 is 1.15 bits per heavy atom. The van der Waals surface area contributed by atoms with Gasteiger partial charge in [-0.2, -0.15) is 0 Å². The van der Waals surface area contributed by atoms with Gasteiger partial charge in [-0.15, -0.1) is 0 Å². The molecule has 0 radical (unpaired) electrons. The summed E-state index contributed by atoms with van der Waals surface area (Å²) in [6.45, 7) is 11.2. The van der Waals surface area contributed by atoms with Crippen molar-refractivity contribution >= 4 is 5.69 Å². The summed E-state index contributed by atoms with van der Waals surface area (Å²) in [7, 11) is 2.16. The van der Waals surface area contributed by atoms with Gasteiger partial charge in [0.25, 0.3) is 0 Å². The van der Waals surface area contributed by atoms with E-state index in [4.69, 9.17) is 4.74 Å². The van der Waals surface area contributed by atoms with Crippen molar-refractivity contribution in [1.29, 1.82) is 0 Å². The second kappa shape index (κ2) is 9.78. The van der Waals surface area contributed by atoms with Gasteiger partial charge in [-0.1, -0.05) is 17.7 Å². The van der Waals surface area contributed by atoms with Gasteiger partial charge in [0.15, 0.2) is 0 Å². The Bertz CT molecular complexity index is 379. The maximum Gasteiger partial charge on any atom is 0.0466 e. The lowest BCUT2D eigenvalue weighted by molar-refractivity contribution is 0.143. The topological polar surface area (TPSA) is 24.5 Å². The predicted molar refractivity (Wildman–Crippen MR) is 87.8 cm³/mol. The molecule has 0 unspecified atom stereocenters. The fourth-order valence-electron chi connectivity index (χ4n) is 2.32. The van der Waals surface area contributed by atoms with Gasteiger partial charge in [0, 0.05) is 39.0 Å². The average Bonchev–Trinajstić information content (AvgIpc) is 2.41. The fraction of sp³-hybridized carbons (Fsp3) is 0.647. The van der Waals surface area contributed by atoms with E-state index in [0.717, 1.165) is 39.3 Å². The number of nitrogens with zero attached hydrogens (tertiary/aromatic N) is 1. The first-order valence-electron chi connectivity index (χ1n) is 7.72. The molecule has 3 nitrogen and oxygen atoms in total. The van der Waals surface area contributed by atoms with E-state index in [1.54, 1.807) is 0 Å². The Labute approximate surface area is 124 Å². The standard InChI is InChI=1S/C17H30N2O/c1-5-20-13-7-6-10-18-11-12-19(4)17-9-8-15(2)14-16(17)3/h8-9,14,18H,5-7,10-13H2,1-4H3. The Morgan fingerprint density at radius 2 is 1.95 bits per heavy atom. The molecule has 20 heavy (non-hydrogen) atoms. The van der Waals surface area contributed by atoms with Crippen LogP contribution in [0.4, 0.5) is 5.69 Å². The number of aryl methyl sites for hydroxylation is 2. The number of anilines is 1. The minimum atomic E-state index is 0.828. The molecule has 1 aromatic carbocycles. The van der Waals surface area contributed by atoms with Crippen LogP contribution >= 0.6 is 0 Å². The molecule has 0 aliphatic carbocycles. The second-order valence-corrected chi connectivity index (χ2v) is 5.37. The number of rotatable bonds is 10. The van der Waals surface area contributed by atoms with Gasteiger partial charge in [0.05, 0.1) is 0 Å². The van der Waals surface area contributed by atoms with Gasteiger partial charge in [-0.25, -0.2) is 0 Å². The molecule has 0 aromatic heterocycles. The van der Waals surface area contributed by atoms with E-state index in [9.17, 15) is 0 Å². The highest BCUT2D eigenvalue weighted by atomic mass is 16.5. The van der Waals surface area contributed by atoms with Crippen LogP contribution in [0.2, 0.25) is 0 Å². The Morgan fingerprint density at radius 3 is 2.65 bits per heavy atom. The van der Waals surface area contributed by atoms with Gasteiger partial charge in [0.2, 0.25) is 0 Å². The van der Waals surface area contributed by atoms with Crippen LogP contribution < -0.4 is 10.2 Å². The summed E-state index contributed by atoms with van der Waals surface area (Å²) in [5, 5.41) is 3.50. The molecular weight excluding hydrogens is 248 g/mol. The largest absolute Gasteiger partial charge is 0.382 e. The molecule has 0 spiro atoms. The van der Waals surface area contributed by atoms with Crippen molar-refractivity contribution in [2.75, 3.05) is 44.8 Å².